The van der Waals surface area contributed by atoms with Gasteiger partial charge in [0.25, 0.3) is 0 Å². The normalized spacial score (nSPS) is 46.8. The molecule has 9 nitrogen and oxygen atoms in total. The largest absolute Gasteiger partial charge is 0.390 e. The van der Waals surface area contributed by atoms with E-state index in [0.29, 0.717) is 19.3 Å². The van der Waals surface area contributed by atoms with Crippen molar-refractivity contribution in [1.82, 2.24) is 4.90 Å². The maximum atomic E-state index is 11.6. The number of carbonyl (C=O) groups excluding carboxylic acids is 1. The Hall–Kier alpha value is -0.650. The fraction of sp³-hybridized carbons (Fsp3) is 0.950. The molecule has 3 heterocycles. The summed E-state index contributed by atoms with van der Waals surface area (Å²) in [5.41, 5.74) is 0. The van der Waals surface area contributed by atoms with Crippen molar-refractivity contribution in [3.05, 3.63) is 0 Å². The molecule has 168 valence electrons. The van der Waals surface area contributed by atoms with Gasteiger partial charge in [-0.25, -0.2) is 0 Å². The predicted octanol–water partition coefficient (Wildman–Crippen LogP) is 0.404. The number of hydrogen-bond donors (Lipinski definition) is 2. The molecule has 0 saturated carbocycles. The number of aliphatic hydroxyl groups excluding tert-OH is 2. The number of rotatable bonds is 5. The third-order valence-corrected chi connectivity index (χ3v) is 6.02. The van der Waals surface area contributed by atoms with E-state index < -0.39 is 43.3 Å². The van der Waals surface area contributed by atoms with Gasteiger partial charge in [0.2, 0.25) is 0 Å². The second kappa shape index (κ2) is 9.65. The van der Waals surface area contributed by atoms with Crippen LogP contribution in [0, 0.1) is 0 Å². The molecule has 0 bridgehead atoms. The highest BCUT2D eigenvalue weighted by Gasteiger charge is 2.44. The van der Waals surface area contributed by atoms with Crippen LogP contribution in [0.15, 0.2) is 0 Å². The molecule has 9 heteroatoms. The van der Waals surface area contributed by atoms with E-state index in [2.05, 4.69) is 0 Å². The Balaban J connectivity index is 1.57. The lowest BCUT2D eigenvalue weighted by Gasteiger charge is -2.45. The first-order valence-electron chi connectivity index (χ1n) is 10.5. The van der Waals surface area contributed by atoms with Gasteiger partial charge in [-0.1, -0.05) is 0 Å². The van der Waals surface area contributed by atoms with Gasteiger partial charge in [-0.15, -0.1) is 0 Å². The Bertz CT molecular complexity index is 549. The summed E-state index contributed by atoms with van der Waals surface area (Å²) in [6.07, 6.45) is -3.26. The average Bonchev–Trinajstić information content (AvgIpc) is 2.63. The van der Waals surface area contributed by atoms with E-state index >= 15 is 0 Å². The van der Waals surface area contributed by atoms with Crippen LogP contribution in [-0.4, -0.2) is 96.5 Å². The van der Waals surface area contributed by atoms with E-state index in [-0.39, 0.29) is 30.5 Å². The topological polar surface area (TPSA) is 107 Å². The third kappa shape index (κ3) is 5.54. The van der Waals surface area contributed by atoms with Crippen LogP contribution in [0.3, 0.4) is 0 Å². The van der Waals surface area contributed by atoms with Gasteiger partial charge in [0.15, 0.2) is 24.7 Å². The first kappa shape index (κ1) is 23.0. The van der Waals surface area contributed by atoms with Crippen molar-refractivity contribution in [2.75, 3.05) is 14.1 Å². The number of Topliss-reactive ketones (excluding diaryl/α,β-unsaturated/α-hetero) is 1. The lowest BCUT2D eigenvalue weighted by Crippen LogP contribution is -2.57. The summed E-state index contributed by atoms with van der Waals surface area (Å²) in [6.45, 7) is 5.40. The molecule has 3 rings (SSSR count). The van der Waals surface area contributed by atoms with E-state index in [9.17, 15) is 15.0 Å². The molecule has 0 spiro atoms. The van der Waals surface area contributed by atoms with E-state index in [1.54, 1.807) is 6.92 Å². The molecular formula is C20H35NO8. The first-order chi connectivity index (χ1) is 13.7. The zero-order valence-corrected chi connectivity index (χ0v) is 17.9. The van der Waals surface area contributed by atoms with Gasteiger partial charge in [-0.2, -0.15) is 0 Å². The fourth-order valence-corrected chi connectivity index (χ4v) is 4.33. The molecule has 0 unspecified atom stereocenters. The molecule has 2 N–H and O–H groups in total. The number of hydrogen-bond acceptors (Lipinski definition) is 9. The van der Waals surface area contributed by atoms with Crippen molar-refractivity contribution in [3.8, 4) is 0 Å². The Labute approximate surface area is 172 Å². The minimum absolute atomic E-state index is 0.0339. The van der Waals surface area contributed by atoms with Crippen LogP contribution in [0.4, 0.5) is 0 Å². The SMILES string of the molecule is C[C@@H]1O[C@@H](O[C@@H]2[C@H](C)O[C@@H](O[C@@H]3[C@H](C)O[C@@H](O)C[C@@H]3N(C)C)C[C@@H]2O)CCC1=O. The molecule has 29 heavy (non-hydrogen) atoms. The van der Waals surface area contributed by atoms with Crippen LogP contribution < -0.4 is 0 Å². The summed E-state index contributed by atoms with van der Waals surface area (Å²) in [4.78, 5) is 13.6. The summed E-state index contributed by atoms with van der Waals surface area (Å²) < 4.78 is 29.2. The average molecular weight is 417 g/mol. The maximum absolute atomic E-state index is 11.6. The number of aliphatic hydroxyl groups is 2. The smallest absolute Gasteiger partial charge is 0.161 e. The number of likely N-dealkylation sites (N-methyl/N-ethyl adjacent to an activating group) is 1. The highest BCUT2D eigenvalue weighted by atomic mass is 16.7. The molecule has 0 radical (unpaired) electrons. The molecule has 0 amide bonds. The Morgan fingerprint density at radius 2 is 1.59 bits per heavy atom. The van der Waals surface area contributed by atoms with Crippen LogP contribution in [0.25, 0.3) is 0 Å². The molecule has 10 atom stereocenters. The van der Waals surface area contributed by atoms with Crippen LogP contribution in [0.5, 0.6) is 0 Å². The third-order valence-electron chi connectivity index (χ3n) is 6.02. The summed E-state index contributed by atoms with van der Waals surface area (Å²) in [5, 5.41) is 20.6. The Morgan fingerprint density at radius 1 is 0.931 bits per heavy atom. The monoisotopic (exact) mass is 417 g/mol. The Morgan fingerprint density at radius 3 is 2.21 bits per heavy atom. The number of ketones is 1. The molecule has 0 aliphatic carbocycles. The van der Waals surface area contributed by atoms with Crippen LogP contribution >= 0.6 is 0 Å². The van der Waals surface area contributed by atoms with Crippen molar-refractivity contribution in [3.63, 3.8) is 0 Å². The lowest BCUT2D eigenvalue weighted by atomic mass is 9.97. The molecule has 3 aliphatic heterocycles. The predicted molar refractivity (Wildman–Crippen MR) is 102 cm³/mol. The Kier molecular flexibility index (Phi) is 7.66. The second-order valence-corrected chi connectivity index (χ2v) is 8.55. The van der Waals surface area contributed by atoms with Crippen molar-refractivity contribution in [2.45, 2.75) is 108 Å². The highest BCUT2D eigenvalue weighted by molar-refractivity contribution is 5.83. The van der Waals surface area contributed by atoms with Crippen molar-refractivity contribution >= 4 is 5.78 Å². The number of ether oxygens (including phenoxy) is 5. The summed E-state index contributed by atoms with van der Waals surface area (Å²) >= 11 is 0. The summed E-state index contributed by atoms with van der Waals surface area (Å²) in [5.74, 6) is 0.0659. The van der Waals surface area contributed by atoms with Crippen LogP contribution in [-0.2, 0) is 28.5 Å². The molecule has 3 saturated heterocycles. The molecule has 0 aromatic heterocycles. The maximum Gasteiger partial charge on any atom is 0.161 e. The van der Waals surface area contributed by atoms with E-state index in [1.807, 2.05) is 32.8 Å². The second-order valence-electron chi connectivity index (χ2n) is 8.55. The zero-order valence-electron chi connectivity index (χ0n) is 17.9. The van der Waals surface area contributed by atoms with Gasteiger partial charge in [-0.05, 0) is 34.9 Å². The molecule has 3 aliphatic rings. The number of carbonyl (C=O) groups is 1. The molecular weight excluding hydrogens is 382 g/mol. The van der Waals surface area contributed by atoms with Gasteiger partial charge in [0.1, 0.15) is 18.3 Å². The lowest BCUT2D eigenvalue weighted by molar-refractivity contribution is -0.318. The zero-order chi connectivity index (χ0) is 21.3. The van der Waals surface area contributed by atoms with Crippen molar-refractivity contribution in [1.29, 1.82) is 0 Å². The van der Waals surface area contributed by atoms with Gasteiger partial charge in [0.05, 0.1) is 18.3 Å². The molecule has 0 aromatic rings. The molecule has 3 fully saturated rings. The van der Waals surface area contributed by atoms with Gasteiger partial charge < -0.3 is 38.8 Å². The van der Waals surface area contributed by atoms with E-state index in [0.717, 1.165) is 0 Å². The summed E-state index contributed by atoms with van der Waals surface area (Å²) in [7, 11) is 3.87. The fourth-order valence-electron chi connectivity index (χ4n) is 4.33. The summed E-state index contributed by atoms with van der Waals surface area (Å²) in [6, 6.07) is -0.0339. The number of nitrogens with zero attached hydrogens (tertiary/aromatic N) is 1. The van der Waals surface area contributed by atoms with E-state index in [1.165, 1.54) is 0 Å². The first-order valence-corrected chi connectivity index (χ1v) is 10.5. The molecule has 0 aromatic carbocycles. The quantitative estimate of drug-likeness (QED) is 0.657. The van der Waals surface area contributed by atoms with Crippen LogP contribution in [0.2, 0.25) is 0 Å². The van der Waals surface area contributed by atoms with Gasteiger partial charge in [-0.3, -0.25) is 4.79 Å². The van der Waals surface area contributed by atoms with Gasteiger partial charge in [0, 0.05) is 31.7 Å². The van der Waals surface area contributed by atoms with Crippen molar-refractivity contribution in [2.24, 2.45) is 0 Å². The minimum Gasteiger partial charge on any atom is -0.390 e. The van der Waals surface area contributed by atoms with Crippen molar-refractivity contribution < 1.29 is 38.7 Å². The standard InChI is InChI=1S/C20H35NO8/c1-10-14(22)6-7-17(26-10)28-20-12(3)27-18(9-15(20)23)29-19-11(2)25-16(24)8-13(19)21(4)5/h10-13,15-20,23-24H,6-9H2,1-5H3/t10-,11-,12-,13-,15-,16+,17-,18-,19+,20+/m0/s1. The van der Waals surface area contributed by atoms with Gasteiger partial charge >= 0.3 is 0 Å². The van der Waals surface area contributed by atoms with Crippen LogP contribution in [0.1, 0.15) is 46.5 Å². The highest BCUT2D eigenvalue weighted by Crippen LogP contribution is 2.31. The van der Waals surface area contributed by atoms with E-state index in [4.69, 9.17) is 23.7 Å². The minimum atomic E-state index is -0.823.